The lowest BCUT2D eigenvalue weighted by molar-refractivity contribution is -0.149. The second-order valence-corrected chi connectivity index (χ2v) is 5.90. The lowest BCUT2D eigenvalue weighted by atomic mass is 9.78. The molecule has 0 bridgehead atoms. The van der Waals surface area contributed by atoms with Crippen LogP contribution < -0.4 is 11.1 Å². The largest absolute Gasteiger partial charge is 0.481 e. The van der Waals surface area contributed by atoms with Gasteiger partial charge in [0.15, 0.2) is 0 Å². The predicted octanol–water partition coefficient (Wildman–Crippen LogP) is 1.26. The van der Waals surface area contributed by atoms with E-state index in [0.29, 0.717) is 12.8 Å². The molecule has 5 heteroatoms. The Hall–Kier alpha value is -1.10. The van der Waals surface area contributed by atoms with E-state index < -0.39 is 11.9 Å². The average Bonchev–Trinajstić information content (AvgIpc) is 2.41. The zero-order chi connectivity index (χ0) is 13.8. The molecule has 0 saturated heterocycles. The highest BCUT2D eigenvalue weighted by Crippen LogP contribution is 2.31. The van der Waals surface area contributed by atoms with Crippen molar-refractivity contribution in [3.8, 4) is 0 Å². The van der Waals surface area contributed by atoms with Crippen molar-refractivity contribution in [2.24, 2.45) is 17.6 Å². The van der Waals surface area contributed by atoms with Gasteiger partial charge in [-0.2, -0.15) is 0 Å². The van der Waals surface area contributed by atoms with Crippen LogP contribution in [0.5, 0.6) is 0 Å². The molecule has 4 atom stereocenters. The summed E-state index contributed by atoms with van der Waals surface area (Å²) in [7, 11) is 0. The van der Waals surface area contributed by atoms with Gasteiger partial charge in [-0.25, -0.2) is 0 Å². The standard InChI is InChI=1S/C14H24N2O3/c15-11-7-3-4-8-12(11)16-13(17)9-5-1-2-6-10(9)14(18)19/h9-12H,1-8,15H2,(H,16,17)(H,18,19)/t9-,10+,11?,12?/m1/s1. The number of hydrogen-bond acceptors (Lipinski definition) is 3. The van der Waals surface area contributed by atoms with Crippen LogP contribution in [0, 0.1) is 11.8 Å². The van der Waals surface area contributed by atoms with Gasteiger partial charge in [0, 0.05) is 12.1 Å². The number of rotatable bonds is 3. The van der Waals surface area contributed by atoms with E-state index in [9.17, 15) is 14.7 Å². The smallest absolute Gasteiger partial charge is 0.307 e. The molecule has 0 aromatic heterocycles. The summed E-state index contributed by atoms with van der Waals surface area (Å²) in [5.74, 6) is -1.84. The van der Waals surface area contributed by atoms with E-state index in [2.05, 4.69) is 5.32 Å². The fourth-order valence-corrected chi connectivity index (χ4v) is 3.37. The number of hydrogen-bond donors (Lipinski definition) is 3. The zero-order valence-corrected chi connectivity index (χ0v) is 11.3. The van der Waals surface area contributed by atoms with Gasteiger partial charge in [-0.3, -0.25) is 9.59 Å². The minimum Gasteiger partial charge on any atom is -0.481 e. The molecule has 0 aromatic rings. The van der Waals surface area contributed by atoms with Crippen molar-refractivity contribution in [1.29, 1.82) is 0 Å². The number of nitrogens with one attached hydrogen (secondary N) is 1. The fourth-order valence-electron chi connectivity index (χ4n) is 3.37. The van der Waals surface area contributed by atoms with Crippen molar-refractivity contribution >= 4 is 11.9 Å². The third kappa shape index (κ3) is 3.47. The number of nitrogens with two attached hydrogens (primary N) is 1. The summed E-state index contributed by atoms with van der Waals surface area (Å²) in [5.41, 5.74) is 6.02. The van der Waals surface area contributed by atoms with Crippen molar-refractivity contribution in [3.63, 3.8) is 0 Å². The minimum absolute atomic E-state index is 0.0181. The number of amides is 1. The van der Waals surface area contributed by atoms with E-state index in [1.807, 2.05) is 0 Å². The van der Waals surface area contributed by atoms with Crippen LogP contribution in [0.2, 0.25) is 0 Å². The topological polar surface area (TPSA) is 92.4 Å². The van der Waals surface area contributed by atoms with Gasteiger partial charge in [-0.05, 0) is 25.7 Å². The Morgan fingerprint density at radius 3 is 2.16 bits per heavy atom. The Kier molecular flexibility index (Phi) is 4.80. The Morgan fingerprint density at radius 1 is 0.947 bits per heavy atom. The second kappa shape index (κ2) is 6.37. The molecule has 0 aliphatic heterocycles. The minimum atomic E-state index is -0.840. The monoisotopic (exact) mass is 268 g/mol. The van der Waals surface area contributed by atoms with Crippen molar-refractivity contribution in [2.45, 2.75) is 63.5 Å². The molecular formula is C14H24N2O3. The second-order valence-electron chi connectivity index (χ2n) is 5.90. The Balaban J connectivity index is 1.95. The molecule has 19 heavy (non-hydrogen) atoms. The van der Waals surface area contributed by atoms with Crippen LogP contribution in [-0.2, 0) is 9.59 Å². The normalized spacial score (nSPS) is 35.6. The van der Waals surface area contributed by atoms with Crippen LogP contribution in [0.25, 0.3) is 0 Å². The third-order valence-electron chi connectivity index (χ3n) is 4.57. The highest BCUT2D eigenvalue weighted by Gasteiger charge is 2.37. The zero-order valence-electron chi connectivity index (χ0n) is 11.3. The maximum Gasteiger partial charge on any atom is 0.307 e. The summed E-state index contributed by atoms with van der Waals surface area (Å²) in [4.78, 5) is 23.5. The lowest BCUT2D eigenvalue weighted by Gasteiger charge is -2.33. The van der Waals surface area contributed by atoms with Crippen molar-refractivity contribution < 1.29 is 14.7 Å². The van der Waals surface area contributed by atoms with Gasteiger partial charge in [0.1, 0.15) is 0 Å². The highest BCUT2D eigenvalue weighted by atomic mass is 16.4. The van der Waals surface area contributed by atoms with Gasteiger partial charge in [0.05, 0.1) is 11.8 Å². The molecule has 2 aliphatic carbocycles. The quantitative estimate of drug-likeness (QED) is 0.718. The van der Waals surface area contributed by atoms with E-state index in [4.69, 9.17) is 5.73 Å². The van der Waals surface area contributed by atoms with Crippen LogP contribution in [-0.4, -0.2) is 29.1 Å². The molecule has 108 valence electrons. The summed E-state index contributed by atoms with van der Waals surface area (Å²) in [6, 6.07) is 0.0437. The summed E-state index contributed by atoms with van der Waals surface area (Å²) in [6.45, 7) is 0. The molecule has 2 fully saturated rings. The van der Waals surface area contributed by atoms with Crippen LogP contribution in [0.3, 0.4) is 0 Å². The molecule has 0 heterocycles. The summed E-state index contributed by atoms with van der Waals surface area (Å²) < 4.78 is 0. The number of carboxylic acid groups (broad SMARTS) is 1. The van der Waals surface area contributed by atoms with E-state index in [1.165, 1.54) is 0 Å². The highest BCUT2D eigenvalue weighted by molar-refractivity contribution is 5.85. The summed E-state index contributed by atoms with van der Waals surface area (Å²) >= 11 is 0. The van der Waals surface area contributed by atoms with Crippen LogP contribution in [0.15, 0.2) is 0 Å². The number of carbonyl (C=O) groups is 2. The van der Waals surface area contributed by atoms with E-state index in [-0.39, 0.29) is 23.9 Å². The van der Waals surface area contributed by atoms with Crippen molar-refractivity contribution in [2.75, 3.05) is 0 Å². The van der Waals surface area contributed by atoms with Crippen molar-refractivity contribution in [1.82, 2.24) is 5.32 Å². The van der Waals surface area contributed by atoms with Crippen LogP contribution >= 0.6 is 0 Å². The SMILES string of the molecule is NC1CCCCC1NC(=O)[C@@H]1CCCC[C@@H]1C(=O)O. The lowest BCUT2D eigenvalue weighted by Crippen LogP contribution is -2.52. The Morgan fingerprint density at radius 2 is 1.53 bits per heavy atom. The third-order valence-corrected chi connectivity index (χ3v) is 4.57. The first-order valence-electron chi connectivity index (χ1n) is 7.38. The van der Waals surface area contributed by atoms with Gasteiger partial charge in [0.2, 0.25) is 5.91 Å². The molecule has 2 saturated carbocycles. The average molecular weight is 268 g/mol. The molecular weight excluding hydrogens is 244 g/mol. The molecule has 0 radical (unpaired) electrons. The maximum atomic E-state index is 12.3. The number of carboxylic acids is 1. The first-order chi connectivity index (χ1) is 9.09. The first-order valence-corrected chi connectivity index (χ1v) is 7.38. The fraction of sp³-hybridized carbons (Fsp3) is 0.857. The number of carbonyl (C=O) groups excluding carboxylic acids is 1. The van der Waals surface area contributed by atoms with E-state index in [0.717, 1.165) is 38.5 Å². The van der Waals surface area contributed by atoms with E-state index in [1.54, 1.807) is 0 Å². The van der Waals surface area contributed by atoms with Crippen LogP contribution in [0.1, 0.15) is 51.4 Å². The van der Waals surface area contributed by atoms with Gasteiger partial charge in [0.25, 0.3) is 0 Å². The Labute approximate surface area is 113 Å². The predicted molar refractivity (Wildman–Crippen MR) is 71.5 cm³/mol. The van der Waals surface area contributed by atoms with E-state index >= 15 is 0 Å². The van der Waals surface area contributed by atoms with Gasteiger partial charge in [-0.15, -0.1) is 0 Å². The first kappa shape index (κ1) is 14.3. The molecule has 2 unspecified atom stereocenters. The molecule has 2 rings (SSSR count). The van der Waals surface area contributed by atoms with Gasteiger partial charge >= 0.3 is 5.97 Å². The Bertz CT molecular complexity index is 346. The molecule has 0 spiro atoms. The molecule has 0 aromatic carbocycles. The van der Waals surface area contributed by atoms with Crippen LogP contribution in [0.4, 0.5) is 0 Å². The molecule has 5 nitrogen and oxygen atoms in total. The van der Waals surface area contributed by atoms with Crippen molar-refractivity contribution in [3.05, 3.63) is 0 Å². The molecule has 4 N–H and O–H groups in total. The van der Waals surface area contributed by atoms with Gasteiger partial charge in [-0.1, -0.05) is 25.7 Å². The molecule has 2 aliphatic rings. The summed E-state index contributed by atoms with van der Waals surface area (Å²) in [6.07, 6.45) is 7.22. The maximum absolute atomic E-state index is 12.3. The molecule has 1 amide bonds. The van der Waals surface area contributed by atoms with Gasteiger partial charge < -0.3 is 16.2 Å². The number of aliphatic carboxylic acids is 1. The summed E-state index contributed by atoms with van der Waals surface area (Å²) in [5, 5.41) is 12.2.